The van der Waals surface area contributed by atoms with Gasteiger partial charge < -0.3 is 0 Å². The van der Waals surface area contributed by atoms with Gasteiger partial charge in [-0.1, -0.05) is 12.1 Å². The number of carbonyl (C=O) groups is 1. The highest BCUT2D eigenvalue weighted by molar-refractivity contribution is 7.12. The summed E-state index contributed by atoms with van der Waals surface area (Å²) < 4.78 is 38.3. The van der Waals surface area contributed by atoms with Gasteiger partial charge in [-0.2, -0.15) is 13.2 Å². The molecule has 7 heteroatoms. The molecule has 0 bridgehead atoms. The van der Waals surface area contributed by atoms with Crippen molar-refractivity contribution in [2.75, 3.05) is 5.43 Å². The van der Waals surface area contributed by atoms with Crippen LogP contribution in [0.2, 0.25) is 0 Å². The monoisotopic (exact) mass is 300 g/mol. The first-order chi connectivity index (χ1) is 9.39. The maximum atomic E-state index is 12.8. The van der Waals surface area contributed by atoms with Gasteiger partial charge in [-0.25, -0.2) is 0 Å². The molecular formula is C13H11F3N2OS. The number of anilines is 1. The van der Waals surface area contributed by atoms with Gasteiger partial charge in [0.25, 0.3) is 5.91 Å². The molecule has 1 heterocycles. The second-order valence-electron chi connectivity index (χ2n) is 4.06. The number of halogens is 3. The van der Waals surface area contributed by atoms with Crippen LogP contribution < -0.4 is 10.9 Å². The second kappa shape index (κ2) is 5.54. The maximum absolute atomic E-state index is 12.8. The predicted molar refractivity (Wildman–Crippen MR) is 71.6 cm³/mol. The lowest BCUT2D eigenvalue weighted by Crippen LogP contribution is -2.30. The van der Waals surface area contributed by atoms with Gasteiger partial charge in [0.05, 0.1) is 16.1 Å². The number of para-hydroxylation sites is 1. The summed E-state index contributed by atoms with van der Waals surface area (Å²) in [7, 11) is 0. The summed E-state index contributed by atoms with van der Waals surface area (Å²) in [5.74, 6) is -0.463. The van der Waals surface area contributed by atoms with E-state index in [9.17, 15) is 18.0 Å². The van der Waals surface area contributed by atoms with Crippen molar-refractivity contribution >= 4 is 22.9 Å². The van der Waals surface area contributed by atoms with E-state index < -0.39 is 17.6 Å². The minimum Gasteiger partial charge on any atom is -0.298 e. The van der Waals surface area contributed by atoms with Crippen LogP contribution in [0.4, 0.5) is 18.9 Å². The molecule has 0 radical (unpaired) electrons. The number of hydrogen-bond acceptors (Lipinski definition) is 3. The van der Waals surface area contributed by atoms with Crippen LogP contribution in [0.5, 0.6) is 0 Å². The fourth-order valence-electron chi connectivity index (χ4n) is 1.63. The molecule has 0 atom stereocenters. The predicted octanol–water partition coefficient (Wildman–Crippen LogP) is 3.83. The van der Waals surface area contributed by atoms with Crippen molar-refractivity contribution in [3.8, 4) is 0 Å². The second-order valence-corrected chi connectivity index (χ2v) is 4.97. The first-order valence-corrected chi connectivity index (χ1v) is 6.54. The minimum absolute atomic E-state index is 0.192. The van der Waals surface area contributed by atoms with Crippen LogP contribution in [-0.4, -0.2) is 5.91 Å². The average molecular weight is 300 g/mol. The van der Waals surface area contributed by atoms with E-state index in [4.69, 9.17) is 0 Å². The quantitative estimate of drug-likeness (QED) is 0.846. The van der Waals surface area contributed by atoms with Crippen molar-refractivity contribution < 1.29 is 18.0 Å². The normalized spacial score (nSPS) is 11.2. The van der Waals surface area contributed by atoms with E-state index in [0.717, 1.165) is 11.6 Å². The van der Waals surface area contributed by atoms with Gasteiger partial charge in [0, 0.05) is 0 Å². The Balaban J connectivity index is 2.12. The van der Waals surface area contributed by atoms with Crippen molar-refractivity contribution in [3.63, 3.8) is 0 Å². The van der Waals surface area contributed by atoms with Gasteiger partial charge in [-0.15, -0.1) is 11.3 Å². The number of rotatable bonds is 3. The lowest BCUT2D eigenvalue weighted by Gasteiger charge is -2.14. The summed E-state index contributed by atoms with van der Waals surface area (Å²) in [6.45, 7) is 1.76. The highest BCUT2D eigenvalue weighted by Crippen LogP contribution is 2.34. The SMILES string of the molecule is Cc1ccsc1C(=O)NNc1ccccc1C(F)(F)F. The number of alkyl halides is 3. The average Bonchev–Trinajstić information content (AvgIpc) is 2.81. The molecule has 0 saturated carbocycles. The zero-order chi connectivity index (χ0) is 14.8. The summed E-state index contributed by atoms with van der Waals surface area (Å²) >= 11 is 1.23. The number of amides is 1. The first kappa shape index (κ1) is 14.4. The van der Waals surface area contributed by atoms with E-state index >= 15 is 0 Å². The molecule has 0 aliphatic rings. The molecule has 0 unspecified atom stereocenters. The lowest BCUT2D eigenvalue weighted by molar-refractivity contribution is -0.137. The molecule has 0 aliphatic carbocycles. The number of hydrogen-bond donors (Lipinski definition) is 2. The lowest BCUT2D eigenvalue weighted by atomic mass is 10.2. The molecule has 0 saturated heterocycles. The molecule has 2 aromatic rings. The Morgan fingerprint density at radius 1 is 1.20 bits per heavy atom. The number of aryl methyl sites for hydroxylation is 1. The Bertz CT molecular complexity index is 622. The van der Waals surface area contributed by atoms with Crippen LogP contribution in [0.15, 0.2) is 35.7 Å². The third-order valence-electron chi connectivity index (χ3n) is 2.61. The van der Waals surface area contributed by atoms with Gasteiger partial charge in [0.2, 0.25) is 0 Å². The van der Waals surface area contributed by atoms with Crippen LogP contribution in [0.25, 0.3) is 0 Å². The number of nitrogens with one attached hydrogen (secondary N) is 2. The summed E-state index contributed by atoms with van der Waals surface area (Å²) in [6, 6.07) is 6.72. The summed E-state index contributed by atoms with van der Waals surface area (Å²) in [5.41, 5.74) is 4.35. The Labute approximate surface area is 117 Å². The molecule has 1 aromatic heterocycles. The van der Waals surface area contributed by atoms with E-state index in [1.165, 1.54) is 29.5 Å². The molecule has 0 aliphatic heterocycles. The van der Waals surface area contributed by atoms with Crippen molar-refractivity contribution in [2.24, 2.45) is 0 Å². The van der Waals surface area contributed by atoms with Crippen molar-refractivity contribution in [2.45, 2.75) is 13.1 Å². The molecule has 1 aromatic carbocycles. The van der Waals surface area contributed by atoms with Crippen LogP contribution >= 0.6 is 11.3 Å². The van der Waals surface area contributed by atoms with Crippen molar-refractivity contribution in [1.29, 1.82) is 0 Å². The Morgan fingerprint density at radius 3 is 2.50 bits per heavy atom. The highest BCUT2D eigenvalue weighted by atomic mass is 32.1. The van der Waals surface area contributed by atoms with E-state index in [2.05, 4.69) is 10.9 Å². The van der Waals surface area contributed by atoms with E-state index in [0.29, 0.717) is 4.88 Å². The standard InChI is InChI=1S/C13H11F3N2OS/c1-8-6-7-20-11(8)12(19)18-17-10-5-3-2-4-9(10)13(14,15)16/h2-7,17H,1H3,(H,18,19). The highest BCUT2D eigenvalue weighted by Gasteiger charge is 2.33. The molecule has 1 amide bonds. The molecule has 2 N–H and O–H groups in total. The smallest absolute Gasteiger partial charge is 0.298 e. The Kier molecular flexibility index (Phi) is 3.99. The zero-order valence-corrected chi connectivity index (χ0v) is 11.2. The molecule has 0 fully saturated rings. The van der Waals surface area contributed by atoms with Crippen LogP contribution in [0.3, 0.4) is 0 Å². The van der Waals surface area contributed by atoms with E-state index in [-0.39, 0.29) is 5.69 Å². The van der Waals surface area contributed by atoms with Gasteiger partial charge in [0.1, 0.15) is 0 Å². The minimum atomic E-state index is -4.48. The number of benzene rings is 1. The van der Waals surface area contributed by atoms with Gasteiger partial charge >= 0.3 is 6.18 Å². The van der Waals surface area contributed by atoms with Crippen LogP contribution in [-0.2, 0) is 6.18 Å². The topological polar surface area (TPSA) is 41.1 Å². The third-order valence-corrected chi connectivity index (χ3v) is 3.63. The Hall–Kier alpha value is -2.02. The summed E-state index contributed by atoms with van der Waals surface area (Å²) in [4.78, 5) is 12.3. The number of hydrazine groups is 1. The molecular weight excluding hydrogens is 289 g/mol. The van der Waals surface area contributed by atoms with Crippen LogP contribution in [0, 0.1) is 6.92 Å². The first-order valence-electron chi connectivity index (χ1n) is 5.66. The van der Waals surface area contributed by atoms with Gasteiger partial charge in [-0.05, 0) is 36.1 Å². The van der Waals surface area contributed by atoms with Gasteiger partial charge in [-0.3, -0.25) is 15.6 Å². The summed E-state index contributed by atoms with van der Waals surface area (Å²) in [6.07, 6.45) is -4.48. The van der Waals surface area contributed by atoms with E-state index in [1.807, 2.05) is 0 Å². The van der Waals surface area contributed by atoms with E-state index in [1.54, 1.807) is 18.4 Å². The third kappa shape index (κ3) is 3.11. The largest absolute Gasteiger partial charge is 0.418 e. The summed E-state index contributed by atoms with van der Waals surface area (Å²) in [5, 5.41) is 1.74. The van der Waals surface area contributed by atoms with Gasteiger partial charge in [0.15, 0.2) is 0 Å². The maximum Gasteiger partial charge on any atom is 0.418 e. The molecule has 0 spiro atoms. The fraction of sp³-hybridized carbons (Fsp3) is 0.154. The van der Waals surface area contributed by atoms with Crippen LogP contribution in [0.1, 0.15) is 20.8 Å². The van der Waals surface area contributed by atoms with Crippen molar-refractivity contribution in [3.05, 3.63) is 51.7 Å². The molecule has 3 nitrogen and oxygen atoms in total. The molecule has 20 heavy (non-hydrogen) atoms. The fourth-order valence-corrected chi connectivity index (χ4v) is 2.45. The number of thiophene rings is 1. The number of carbonyl (C=O) groups excluding carboxylic acids is 1. The van der Waals surface area contributed by atoms with Crippen molar-refractivity contribution in [1.82, 2.24) is 5.43 Å². The zero-order valence-electron chi connectivity index (χ0n) is 10.4. The molecule has 106 valence electrons. The molecule has 2 rings (SSSR count). The Morgan fingerprint density at radius 2 is 1.90 bits per heavy atom.